The average molecular weight is 252 g/mol. The highest BCUT2D eigenvalue weighted by atomic mass is 16.3. The second-order valence-electron chi connectivity index (χ2n) is 4.88. The smallest absolute Gasteiger partial charge is 0.113 e. The molecule has 0 bridgehead atoms. The Labute approximate surface area is 112 Å². The van der Waals surface area contributed by atoms with E-state index in [2.05, 4.69) is 43.6 Å². The summed E-state index contributed by atoms with van der Waals surface area (Å²) < 4.78 is 0. The van der Waals surface area contributed by atoms with E-state index in [9.17, 15) is 5.11 Å². The molecule has 0 amide bonds. The molecule has 104 valence electrons. The van der Waals surface area contributed by atoms with E-state index in [4.69, 9.17) is 0 Å². The Balaban J connectivity index is 0.00000137. The molecule has 0 saturated heterocycles. The molecule has 0 spiro atoms. The lowest BCUT2D eigenvalue weighted by Gasteiger charge is -2.38. The number of rotatable bonds is 3. The maximum Gasteiger partial charge on any atom is 0.113 e. The molecule has 1 rings (SSSR count). The van der Waals surface area contributed by atoms with E-state index >= 15 is 0 Å². The molecule has 0 radical (unpaired) electrons. The molecule has 0 saturated carbocycles. The monoisotopic (exact) mass is 252 g/mol. The van der Waals surface area contributed by atoms with Crippen LogP contribution in [0.25, 0.3) is 0 Å². The van der Waals surface area contributed by atoms with Gasteiger partial charge in [-0.2, -0.15) is 0 Å². The second-order valence-corrected chi connectivity index (χ2v) is 4.88. The third kappa shape index (κ3) is 5.17. The number of allylic oxidation sites excluding steroid dienone is 3. The van der Waals surface area contributed by atoms with Gasteiger partial charge in [-0.15, -0.1) is 13.2 Å². The zero-order chi connectivity index (χ0) is 14.0. The Morgan fingerprint density at radius 2 is 2.00 bits per heavy atom. The van der Waals surface area contributed by atoms with Gasteiger partial charge < -0.3 is 10.4 Å². The molecule has 1 heterocycles. The minimum atomic E-state index is -0.395. The SMILES string of the molecule is C=C.CNCC[C@@]1(C)C/C=C\C=C/CN(C)C1O. The lowest BCUT2D eigenvalue weighted by atomic mass is 9.80. The van der Waals surface area contributed by atoms with Gasteiger partial charge in [0.25, 0.3) is 0 Å². The summed E-state index contributed by atoms with van der Waals surface area (Å²) >= 11 is 0. The first kappa shape index (κ1) is 17.1. The Bertz CT molecular complexity index is 276. The molecule has 1 aliphatic heterocycles. The summed E-state index contributed by atoms with van der Waals surface area (Å²) in [7, 11) is 3.92. The first-order valence-corrected chi connectivity index (χ1v) is 6.45. The fourth-order valence-electron chi connectivity index (χ4n) is 2.10. The van der Waals surface area contributed by atoms with Crippen LogP contribution < -0.4 is 5.32 Å². The molecule has 1 unspecified atom stereocenters. The number of nitrogens with one attached hydrogen (secondary N) is 1. The fraction of sp³-hybridized carbons (Fsp3) is 0.600. The summed E-state index contributed by atoms with van der Waals surface area (Å²) in [5.41, 5.74) is -0.0831. The highest BCUT2D eigenvalue weighted by Gasteiger charge is 2.33. The molecule has 0 fully saturated rings. The zero-order valence-corrected chi connectivity index (χ0v) is 12.0. The third-order valence-corrected chi connectivity index (χ3v) is 3.35. The molecule has 3 heteroatoms. The quantitative estimate of drug-likeness (QED) is 0.756. The predicted octanol–water partition coefficient (Wildman–Crippen LogP) is 2.17. The summed E-state index contributed by atoms with van der Waals surface area (Å²) in [6.07, 6.45) is 9.83. The first-order chi connectivity index (χ1) is 8.60. The van der Waals surface area contributed by atoms with Crippen molar-refractivity contribution in [3.05, 3.63) is 37.5 Å². The molecule has 0 aromatic heterocycles. The summed E-state index contributed by atoms with van der Waals surface area (Å²) in [5.74, 6) is 0. The molecular formula is C15H28N2O. The fourth-order valence-corrected chi connectivity index (χ4v) is 2.10. The van der Waals surface area contributed by atoms with Crippen LogP contribution in [0.4, 0.5) is 0 Å². The van der Waals surface area contributed by atoms with Crippen molar-refractivity contribution in [2.75, 3.05) is 27.2 Å². The van der Waals surface area contributed by atoms with Crippen molar-refractivity contribution in [1.29, 1.82) is 0 Å². The first-order valence-electron chi connectivity index (χ1n) is 6.45. The van der Waals surface area contributed by atoms with Crippen LogP contribution in [0.3, 0.4) is 0 Å². The summed E-state index contributed by atoms with van der Waals surface area (Å²) in [6.45, 7) is 9.88. The average Bonchev–Trinajstić information content (AvgIpc) is 2.46. The highest BCUT2D eigenvalue weighted by Crippen LogP contribution is 2.32. The maximum absolute atomic E-state index is 10.4. The standard InChI is InChI=1S/C13H24N2O.C2H4/c1-13(9-10-14-2)8-6-4-5-7-11-15(3)12(13)16;1-2/h4-7,12,14,16H,8-11H2,1-3H3;1-2H2/b6-4-,7-5-;/t12?,13-;/m1./s1. The Morgan fingerprint density at radius 3 is 2.61 bits per heavy atom. The number of hydrogen-bond acceptors (Lipinski definition) is 3. The van der Waals surface area contributed by atoms with Crippen LogP contribution >= 0.6 is 0 Å². The highest BCUT2D eigenvalue weighted by molar-refractivity contribution is 5.07. The van der Waals surface area contributed by atoms with Gasteiger partial charge in [0.15, 0.2) is 0 Å². The summed E-state index contributed by atoms with van der Waals surface area (Å²) in [6, 6.07) is 0. The number of hydrogen-bond donors (Lipinski definition) is 2. The van der Waals surface area contributed by atoms with Gasteiger partial charge in [0.05, 0.1) is 0 Å². The van der Waals surface area contributed by atoms with Gasteiger partial charge in [-0.3, -0.25) is 4.90 Å². The van der Waals surface area contributed by atoms with E-state index in [1.165, 1.54) is 0 Å². The van der Waals surface area contributed by atoms with Crippen LogP contribution in [-0.2, 0) is 0 Å². The lowest BCUT2D eigenvalue weighted by molar-refractivity contribution is -0.0705. The zero-order valence-electron chi connectivity index (χ0n) is 12.0. The van der Waals surface area contributed by atoms with E-state index in [0.29, 0.717) is 0 Å². The van der Waals surface area contributed by atoms with Crippen molar-refractivity contribution in [3.8, 4) is 0 Å². The van der Waals surface area contributed by atoms with Crippen molar-refractivity contribution >= 4 is 0 Å². The van der Waals surface area contributed by atoms with Crippen LogP contribution in [0.1, 0.15) is 19.8 Å². The van der Waals surface area contributed by atoms with E-state index in [0.717, 1.165) is 25.9 Å². The minimum Gasteiger partial charge on any atom is -0.378 e. The molecule has 0 aromatic carbocycles. The van der Waals surface area contributed by atoms with Gasteiger partial charge in [-0.25, -0.2) is 0 Å². The third-order valence-electron chi connectivity index (χ3n) is 3.35. The Kier molecular flexibility index (Phi) is 8.63. The number of aliphatic hydroxyl groups excluding tert-OH is 1. The second kappa shape index (κ2) is 9.09. The van der Waals surface area contributed by atoms with Crippen molar-refractivity contribution in [3.63, 3.8) is 0 Å². The molecule has 2 atom stereocenters. The van der Waals surface area contributed by atoms with Crippen molar-refractivity contribution in [2.45, 2.75) is 26.0 Å². The molecule has 3 nitrogen and oxygen atoms in total. The molecule has 0 aromatic rings. The van der Waals surface area contributed by atoms with E-state index in [-0.39, 0.29) is 5.41 Å². The van der Waals surface area contributed by atoms with Gasteiger partial charge in [-0.05, 0) is 33.5 Å². The Hall–Kier alpha value is -0.900. The van der Waals surface area contributed by atoms with Crippen LogP contribution in [0.5, 0.6) is 0 Å². The minimum absolute atomic E-state index is 0.0831. The van der Waals surface area contributed by atoms with E-state index in [1.54, 1.807) is 0 Å². The largest absolute Gasteiger partial charge is 0.378 e. The molecule has 1 aliphatic rings. The maximum atomic E-state index is 10.4. The molecule has 0 aliphatic carbocycles. The topological polar surface area (TPSA) is 35.5 Å². The van der Waals surface area contributed by atoms with Gasteiger partial charge in [0.2, 0.25) is 0 Å². The van der Waals surface area contributed by atoms with Gasteiger partial charge in [0.1, 0.15) is 6.23 Å². The van der Waals surface area contributed by atoms with Gasteiger partial charge in [0, 0.05) is 12.0 Å². The molecule has 18 heavy (non-hydrogen) atoms. The summed E-state index contributed by atoms with van der Waals surface area (Å²) in [5, 5.41) is 13.5. The van der Waals surface area contributed by atoms with Crippen LogP contribution in [0, 0.1) is 5.41 Å². The number of aliphatic hydroxyl groups is 1. The van der Waals surface area contributed by atoms with E-state index in [1.807, 2.05) is 25.1 Å². The predicted molar refractivity (Wildman–Crippen MR) is 79.4 cm³/mol. The van der Waals surface area contributed by atoms with Crippen molar-refractivity contribution < 1.29 is 5.11 Å². The van der Waals surface area contributed by atoms with Crippen LogP contribution in [0.15, 0.2) is 37.5 Å². The van der Waals surface area contributed by atoms with Crippen LogP contribution in [-0.4, -0.2) is 43.4 Å². The Morgan fingerprint density at radius 1 is 1.39 bits per heavy atom. The normalized spacial score (nSPS) is 32.3. The van der Waals surface area contributed by atoms with Gasteiger partial charge >= 0.3 is 0 Å². The summed E-state index contributed by atoms with van der Waals surface area (Å²) in [4.78, 5) is 2.00. The van der Waals surface area contributed by atoms with Crippen LogP contribution in [0.2, 0.25) is 0 Å². The molecule has 2 N–H and O–H groups in total. The van der Waals surface area contributed by atoms with Crippen molar-refractivity contribution in [2.24, 2.45) is 5.41 Å². The lowest BCUT2D eigenvalue weighted by Crippen LogP contribution is -2.45. The van der Waals surface area contributed by atoms with Gasteiger partial charge in [-0.1, -0.05) is 31.2 Å². The van der Waals surface area contributed by atoms with E-state index < -0.39 is 6.23 Å². The molecular weight excluding hydrogens is 224 g/mol. The van der Waals surface area contributed by atoms with Crippen molar-refractivity contribution in [1.82, 2.24) is 10.2 Å². The number of nitrogens with zero attached hydrogens (tertiary/aromatic N) is 1. The number of likely N-dealkylation sites (N-methyl/N-ethyl adjacent to an activating group) is 1.